The van der Waals surface area contributed by atoms with Crippen molar-refractivity contribution in [2.75, 3.05) is 4.90 Å². The maximum atomic E-state index is 2.42. The zero-order chi connectivity index (χ0) is 38.1. The predicted octanol–water partition coefficient (Wildman–Crippen LogP) is 16.0. The third kappa shape index (κ3) is 5.59. The lowest BCUT2D eigenvalue weighted by molar-refractivity contribution is 0.660. The molecule has 0 spiro atoms. The Morgan fingerprint density at radius 1 is 0.351 bits per heavy atom. The van der Waals surface area contributed by atoms with E-state index >= 15 is 0 Å². The smallest absolute Gasteiger partial charge is 0.0465 e. The fourth-order valence-corrected chi connectivity index (χ4v) is 10.2. The molecule has 10 aromatic rings. The van der Waals surface area contributed by atoms with Gasteiger partial charge in [-0.15, -0.1) is 11.3 Å². The van der Waals surface area contributed by atoms with Gasteiger partial charge in [-0.1, -0.05) is 153 Å². The average molecular weight is 746 g/mol. The van der Waals surface area contributed by atoms with Crippen molar-refractivity contribution in [1.29, 1.82) is 0 Å². The minimum absolute atomic E-state index is 0.0982. The van der Waals surface area contributed by atoms with Crippen molar-refractivity contribution >= 4 is 59.3 Å². The molecule has 1 aromatic heterocycles. The van der Waals surface area contributed by atoms with Crippen molar-refractivity contribution < 1.29 is 0 Å². The third-order valence-electron chi connectivity index (χ3n) is 12.1. The first-order valence-electron chi connectivity index (χ1n) is 19.7. The zero-order valence-electron chi connectivity index (χ0n) is 31.9. The number of rotatable bonds is 6. The number of hydrogen-bond donors (Lipinski definition) is 0. The molecule has 1 aliphatic rings. The number of benzene rings is 9. The topological polar surface area (TPSA) is 3.24 Å². The van der Waals surface area contributed by atoms with E-state index in [-0.39, 0.29) is 5.41 Å². The Hall–Kier alpha value is -6.74. The molecular weight excluding hydrogens is 707 g/mol. The van der Waals surface area contributed by atoms with Crippen LogP contribution in [0.4, 0.5) is 17.1 Å². The summed E-state index contributed by atoms with van der Waals surface area (Å²) in [6, 6.07) is 73.9. The molecule has 0 N–H and O–H groups in total. The maximum Gasteiger partial charge on any atom is 0.0465 e. The number of fused-ring (bicyclic) bond motifs is 7. The largest absolute Gasteiger partial charge is 0.310 e. The van der Waals surface area contributed by atoms with E-state index in [4.69, 9.17) is 0 Å². The molecule has 270 valence electrons. The van der Waals surface area contributed by atoms with Crippen molar-refractivity contribution in [3.63, 3.8) is 0 Å². The van der Waals surface area contributed by atoms with Gasteiger partial charge in [0.05, 0.1) is 0 Å². The average Bonchev–Trinajstić information content (AvgIpc) is 3.75. The first-order valence-corrected chi connectivity index (χ1v) is 20.6. The highest BCUT2D eigenvalue weighted by atomic mass is 32.1. The third-order valence-corrected chi connectivity index (χ3v) is 13.2. The van der Waals surface area contributed by atoms with Crippen LogP contribution in [0.15, 0.2) is 200 Å². The Kier molecular flexibility index (Phi) is 7.77. The van der Waals surface area contributed by atoms with Crippen LogP contribution in [0.1, 0.15) is 25.0 Å². The summed E-state index contributed by atoms with van der Waals surface area (Å²) < 4.78 is 2.63. The number of thiophene rings is 1. The SMILES string of the molecule is CC1(C)c2ccccc2-c2ccc(N(c3ccc(-c4ccccc4)cc3)c3ccc(-c4cc5sc6ccccc6c5cc4-c4ccc5ccccc5c4)cc3)cc21. The van der Waals surface area contributed by atoms with Crippen LogP contribution < -0.4 is 4.90 Å². The van der Waals surface area contributed by atoms with Gasteiger partial charge in [-0.2, -0.15) is 0 Å². The van der Waals surface area contributed by atoms with Gasteiger partial charge in [0.15, 0.2) is 0 Å². The van der Waals surface area contributed by atoms with E-state index in [0.717, 1.165) is 17.1 Å². The normalized spacial score (nSPS) is 12.9. The molecule has 9 aromatic carbocycles. The lowest BCUT2D eigenvalue weighted by atomic mass is 9.82. The molecule has 11 rings (SSSR count). The summed E-state index contributed by atoms with van der Waals surface area (Å²) in [5.74, 6) is 0. The second kappa shape index (κ2) is 13.2. The Morgan fingerprint density at radius 3 is 1.75 bits per heavy atom. The van der Waals surface area contributed by atoms with Crippen LogP contribution in [0.2, 0.25) is 0 Å². The van der Waals surface area contributed by atoms with Crippen LogP contribution in [0.5, 0.6) is 0 Å². The molecule has 57 heavy (non-hydrogen) atoms. The summed E-state index contributed by atoms with van der Waals surface area (Å²) in [7, 11) is 0. The molecular formula is C55H39NS. The second-order valence-electron chi connectivity index (χ2n) is 15.7. The van der Waals surface area contributed by atoms with Crippen molar-refractivity contribution in [2.45, 2.75) is 19.3 Å². The molecule has 0 amide bonds. The van der Waals surface area contributed by atoms with E-state index in [1.165, 1.54) is 86.6 Å². The number of nitrogens with zero attached hydrogens (tertiary/aromatic N) is 1. The van der Waals surface area contributed by atoms with Crippen molar-refractivity contribution in [2.24, 2.45) is 0 Å². The lowest BCUT2D eigenvalue weighted by Crippen LogP contribution is -2.16. The van der Waals surface area contributed by atoms with Gasteiger partial charge in [0.1, 0.15) is 0 Å². The molecule has 0 bridgehead atoms. The summed E-state index contributed by atoms with van der Waals surface area (Å²) >= 11 is 1.88. The first-order chi connectivity index (χ1) is 28.0. The molecule has 0 aliphatic heterocycles. The fraction of sp³-hybridized carbons (Fsp3) is 0.0545. The van der Waals surface area contributed by atoms with E-state index in [9.17, 15) is 0 Å². The summed E-state index contributed by atoms with van der Waals surface area (Å²) in [5, 5.41) is 5.13. The highest BCUT2D eigenvalue weighted by Crippen LogP contribution is 2.51. The molecule has 1 nitrogen and oxygen atoms in total. The van der Waals surface area contributed by atoms with Crippen LogP contribution in [0, 0.1) is 0 Å². The van der Waals surface area contributed by atoms with Gasteiger partial charge < -0.3 is 4.90 Å². The Balaban J connectivity index is 1.06. The monoisotopic (exact) mass is 745 g/mol. The van der Waals surface area contributed by atoms with E-state index < -0.39 is 0 Å². The van der Waals surface area contributed by atoms with Crippen LogP contribution in [-0.4, -0.2) is 0 Å². The Bertz CT molecular complexity index is 3130. The highest BCUT2D eigenvalue weighted by molar-refractivity contribution is 7.25. The lowest BCUT2D eigenvalue weighted by Gasteiger charge is -2.28. The van der Waals surface area contributed by atoms with E-state index in [1.807, 2.05) is 11.3 Å². The summed E-state index contributed by atoms with van der Waals surface area (Å²) in [4.78, 5) is 2.41. The Labute approximate surface area is 337 Å². The van der Waals surface area contributed by atoms with Crippen LogP contribution in [-0.2, 0) is 5.41 Å². The zero-order valence-corrected chi connectivity index (χ0v) is 32.7. The van der Waals surface area contributed by atoms with Gasteiger partial charge in [0, 0.05) is 42.6 Å². The van der Waals surface area contributed by atoms with E-state index in [0.29, 0.717) is 0 Å². The molecule has 0 radical (unpaired) electrons. The summed E-state index contributed by atoms with van der Waals surface area (Å²) in [6.45, 7) is 4.71. The summed E-state index contributed by atoms with van der Waals surface area (Å²) in [6.07, 6.45) is 0. The molecule has 1 aliphatic carbocycles. The minimum Gasteiger partial charge on any atom is -0.310 e. The molecule has 1 heterocycles. The fourth-order valence-electron chi connectivity index (χ4n) is 9.11. The van der Waals surface area contributed by atoms with Gasteiger partial charge in [0.25, 0.3) is 0 Å². The molecule has 0 unspecified atom stereocenters. The van der Waals surface area contributed by atoms with Crippen molar-refractivity contribution in [3.05, 3.63) is 211 Å². The first kappa shape index (κ1) is 33.6. The molecule has 0 atom stereocenters. The van der Waals surface area contributed by atoms with Gasteiger partial charge >= 0.3 is 0 Å². The van der Waals surface area contributed by atoms with Crippen molar-refractivity contribution in [1.82, 2.24) is 0 Å². The predicted molar refractivity (Wildman–Crippen MR) is 245 cm³/mol. The van der Waals surface area contributed by atoms with Gasteiger partial charge in [-0.3, -0.25) is 0 Å². The second-order valence-corrected chi connectivity index (χ2v) is 16.8. The van der Waals surface area contributed by atoms with Gasteiger partial charge in [-0.25, -0.2) is 0 Å². The maximum absolute atomic E-state index is 2.42. The number of hydrogen-bond acceptors (Lipinski definition) is 2. The quantitative estimate of drug-likeness (QED) is 0.164. The van der Waals surface area contributed by atoms with E-state index in [1.54, 1.807) is 0 Å². The number of anilines is 3. The summed E-state index contributed by atoms with van der Waals surface area (Å²) in [5.41, 5.74) is 16.1. The van der Waals surface area contributed by atoms with Gasteiger partial charge in [-0.05, 0) is 127 Å². The van der Waals surface area contributed by atoms with Gasteiger partial charge in [0.2, 0.25) is 0 Å². The molecule has 0 saturated carbocycles. The van der Waals surface area contributed by atoms with Crippen LogP contribution >= 0.6 is 11.3 Å². The van der Waals surface area contributed by atoms with Crippen molar-refractivity contribution in [3.8, 4) is 44.5 Å². The standard InChI is InChI=1S/C55H39NS/c1-55(2)51-18-10-8-16-45(51)46-31-30-44(33-52(46)55)56(42-26-22-38(23-27-42)36-12-4-3-5-13-36)43-28-24-39(25-29-43)49-35-54-50(47-17-9-11-19-53(47)57-54)34-48(49)41-21-20-37-14-6-7-15-40(37)32-41/h3-35H,1-2H3. The van der Waals surface area contributed by atoms with Crippen LogP contribution in [0.3, 0.4) is 0 Å². The molecule has 0 fully saturated rings. The molecule has 2 heteroatoms. The van der Waals surface area contributed by atoms with Crippen LogP contribution in [0.25, 0.3) is 75.5 Å². The highest BCUT2D eigenvalue weighted by Gasteiger charge is 2.35. The molecule has 0 saturated heterocycles. The Morgan fingerprint density at radius 2 is 0.947 bits per heavy atom. The van der Waals surface area contributed by atoms with E-state index in [2.05, 4.69) is 219 Å². The minimum atomic E-state index is -0.0982.